The first-order valence-corrected chi connectivity index (χ1v) is 9.96. The molecule has 0 bridgehead atoms. The van der Waals surface area contributed by atoms with Crippen molar-refractivity contribution >= 4 is 50.3 Å². The van der Waals surface area contributed by atoms with Gasteiger partial charge in [0.25, 0.3) is 0 Å². The summed E-state index contributed by atoms with van der Waals surface area (Å²) >= 11 is 7.72. The van der Waals surface area contributed by atoms with Gasteiger partial charge in [0.05, 0.1) is 4.88 Å². The minimum absolute atomic E-state index is 0.225. The van der Waals surface area contributed by atoms with Gasteiger partial charge in [-0.05, 0) is 37.0 Å². The molecule has 1 aromatic rings. The van der Waals surface area contributed by atoms with Crippen LogP contribution in [0.15, 0.2) is 16.3 Å². The molecule has 1 heterocycles. The van der Waals surface area contributed by atoms with E-state index in [1.54, 1.807) is 17.8 Å². The summed E-state index contributed by atoms with van der Waals surface area (Å²) in [7, 11) is -3.42. The van der Waals surface area contributed by atoms with E-state index >= 15 is 0 Å². The van der Waals surface area contributed by atoms with E-state index in [1.807, 2.05) is 0 Å². The van der Waals surface area contributed by atoms with Crippen LogP contribution >= 0.6 is 35.3 Å². The maximum atomic E-state index is 12.0. The van der Waals surface area contributed by atoms with Crippen LogP contribution in [0, 0.1) is 0 Å². The quantitative estimate of drug-likeness (QED) is 0.533. The van der Waals surface area contributed by atoms with E-state index in [2.05, 4.69) is 11.0 Å². The molecular weight excluding hydrogens is 320 g/mol. The van der Waals surface area contributed by atoms with Crippen molar-refractivity contribution in [1.82, 2.24) is 4.72 Å². The topological polar surface area (TPSA) is 72.2 Å². The highest BCUT2D eigenvalue weighted by molar-refractivity contribution is 7.98. The van der Waals surface area contributed by atoms with Crippen LogP contribution in [0.3, 0.4) is 0 Å². The summed E-state index contributed by atoms with van der Waals surface area (Å²) in [5.74, 6) is 1.12. The second-order valence-corrected chi connectivity index (χ2v) is 8.44. The van der Waals surface area contributed by atoms with E-state index in [0.717, 1.165) is 36.4 Å². The maximum Gasteiger partial charge on any atom is 0.250 e. The fourth-order valence-corrected chi connectivity index (χ4v) is 4.39. The van der Waals surface area contributed by atoms with Crippen molar-refractivity contribution < 1.29 is 8.42 Å². The molecule has 1 rings (SSSR count). The molecule has 4 nitrogen and oxygen atoms in total. The minimum Gasteiger partial charge on any atom is -0.389 e. The van der Waals surface area contributed by atoms with Crippen molar-refractivity contribution in [1.29, 1.82) is 0 Å². The predicted molar refractivity (Wildman–Crippen MR) is 87.6 cm³/mol. The highest BCUT2D eigenvalue weighted by atomic mass is 32.2. The molecule has 0 spiro atoms. The lowest BCUT2D eigenvalue weighted by Crippen LogP contribution is -2.24. The van der Waals surface area contributed by atoms with Crippen LogP contribution in [-0.2, 0) is 10.0 Å². The number of thiocarbonyl (C=S) groups is 1. The lowest BCUT2D eigenvalue weighted by molar-refractivity contribution is 0.578. The average molecular weight is 339 g/mol. The van der Waals surface area contributed by atoms with Crippen LogP contribution in [0.4, 0.5) is 0 Å². The Hall–Kier alpha value is -0.150. The second kappa shape index (κ2) is 8.21. The predicted octanol–water partition coefficient (Wildman–Crippen LogP) is 2.19. The summed E-state index contributed by atoms with van der Waals surface area (Å²) in [6.45, 7) is 0.469. The van der Waals surface area contributed by atoms with Gasteiger partial charge in [0.1, 0.15) is 9.20 Å². The molecular formula is C11H18N2O2S4. The zero-order valence-corrected chi connectivity index (χ0v) is 14.0. The average Bonchev–Trinajstić information content (AvgIpc) is 2.84. The van der Waals surface area contributed by atoms with Crippen molar-refractivity contribution in [3.05, 3.63) is 17.0 Å². The Labute approximate surface area is 128 Å². The molecule has 0 saturated carbocycles. The number of sulfonamides is 1. The molecule has 1 aromatic heterocycles. The van der Waals surface area contributed by atoms with Gasteiger partial charge in [-0.3, -0.25) is 0 Å². The van der Waals surface area contributed by atoms with Crippen LogP contribution in [-0.4, -0.2) is 32.0 Å². The molecule has 0 atom stereocenters. The Morgan fingerprint density at radius 2 is 2.16 bits per heavy atom. The van der Waals surface area contributed by atoms with E-state index in [1.165, 1.54) is 6.07 Å². The highest BCUT2D eigenvalue weighted by Crippen LogP contribution is 2.21. The molecule has 108 valence electrons. The number of rotatable bonds is 9. The Balaban J connectivity index is 2.44. The van der Waals surface area contributed by atoms with E-state index in [4.69, 9.17) is 18.0 Å². The van der Waals surface area contributed by atoms with E-state index < -0.39 is 10.0 Å². The summed E-state index contributed by atoms with van der Waals surface area (Å²) in [6.07, 6.45) is 5.08. The first kappa shape index (κ1) is 16.9. The highest BCUT2D eigenvalue weighted by Gasteiger charge is 2.16. The normalized spacial score (nSPS) is 11.6. The molecule has 0 saturated heterocycles. The number of thiophene rings is 1. The molecule has 0 aromatic carbocycles. The number of nitrogens with two attached hydrogens (primary N) is 1. The van der Waals surface area contributed by atoms with Crippen LogP contribution < -0.4 is 10.5 Å². The summed E-state index contributed by atoms with van der Waals surface area (Å²) in [6, 6.07) is 3.18. The minimum atomic E-state index is -3.42. The fourth-order valence-electron chi connectivity index (χ4n) is 1.42. The second-order valence-electron chi connectivity index (χ2n) is 3.93. The van der Waals surface area contributed by atoms with Gasteiger partial charge in [-0.1, -0.05) is 18.6 Å². The van der Waals surface area contributed by atoms with Gasteiger partial charge >= 0.3 is 0 Å². The van der Waals surface area contributed by atoms with Crippen LogP contribution in [0.1, 0.15) is 24.1 Å². The van der Waals surface area contributed by atoms with Gasteiger partial charge in [0, 0.05) is 6.54 Å². The number of nitrogens with one attached hydrogen (secondary N) is 1. The third-order valence-corrected chi connectivity index (χ3v) is 6.52. The number of unbranched alkanes of at least 4 members (excludes halogenated alkanes) is 2. The van der Waals surface area contributed by atoms with Crippen molar-refractivity contribution in [2.75, 3.05) is 18.6 Å². The molecule has 19 heavy (non-hydrogen) atoms. The molecule has 0 fully saturated rings. The van der Waals surface area contributed by atoms with Gasteiger partial charge < -0.3 is 5.73 Å². The monoisotopic (exact) mass is 338 g/mol. The summed E-state index contributed by atoms with van der Waals surface area (Å²) < 4.78 is 26.8. The third kappa shape index (κ3) is 5.78. The Morgan fingerprint density at radius 3 is 2.74 bits per heavy atom. The van der Waals surface area contributed by atoms with Gasteiger partial charge in [-0.15, -0.1) is 11.3 Å². The first-order chi connectivity index (χ1) is 8.97. The molecule has 0 aliphatic heterocycles. The molecule has 0 radical (unpaired) electrons. The van der Waals surface area contributed by atoms with Crippen LogP contribution in [0.25, 0.3) is 0 Å². The summed E-state index contributed by atoms with van der Waals surface area (Å²) in [4.78, 5) is 0.846. The molecule has 0 amide bonds. The van der Waals surface area contributed by atoms with Gasteiger partial charge in [-0.2, -0.15) is 11.8 Å². The Morgan fingerprint density at radius 1 is 1.42 bits per heavy atom. The SMILES string of the molecule is CSCCCCCNS(=O)(=O)c1ccc(C(N)=S)s1. The summed E-state index contributed by atoms with van der Waals surface area (Å²) in [5.41, 5.74) is 5.46. The van der Waals surface area contributed by atoms with Crippen LogP contribution in [0.2, 0.25) is 0 Å². The van der Waals surface area contributed by atoms with E-state index in [0.29, 0.717) is 11.4 Å². The molecule has 8 heteroatoms. The van der Waals surface area contributed by atoms with Gasteiger partial charge in [0.15, 0.2) is 0 Å². The van der Waals surface area contributed by atoms with Crippen molar-refractivity contribution in [3.8, 4) is 0 Å². The largest absolute Gasteiger partial charge is 0.389 e. The van der Waals surface area contributed by atoms with Crippen molar-refractivity contribution in [2.45, 2.75) is 23.5 Å². The first-order valence-electron chi connectivity index (χ1n) is 5.85. The molecule has 3 N–H and O–H groups in total. The third-order valence-electron chi connectivity index (χ3n) is 2.41. The van der Waals surface area contributed by atoms with Crippen LogP contribution in [0.5, 0.6) is 0 Å². The lowest BCUT2D eigenvalue weighted by Gasteiger charge is -2.04. The lowest BCUT2D eigenvalue weighted by atomic mass is 10.2. The zero-order valence-electron chi connectivity index (χ0n) is 10.7. The molecule has 0 unspecified atom stereocenters. The van der Waals surface area contributed by atoms with Gasteiger partial charge in [-0.25, -0.2) is 13.1 Å². The van der Waals surface area contributed by atoms with E-state index in [9.17, 15) is 8.42 Å². The number of hydrogen-bond acceptors (Lipinski definition) is 5. The van der Waals surface area contributed by atoms with E-state index in [-0.39, 0.29) is 9.20 Å². The number of hydrogen-bond donors (Lipinski definition) is 2. The zero-order chi connectivity index (χ0) is 14.3. The maximum absolute atomic E-state index is 12.0. The van der Waals surface area contributed by atoms with Crippen molar-refractivity contribution in [3.63, 3.8) is 0 Å². The van der Waals surface area contributed by atoms with Gasteiger partial charge in [0.2, 0.25) is 10.0 Å². The summed E-state index contributed by atoms with van der Waals surface area (Å²) in [5, 5.41) is 0. The smallest absolute Gasteiger partial charge is 0.250 e. The Bertz CT molecular complexity index is 511. The molecule has 0 aliphatic carbocycles. The fraction of sp³-hybridized carbons (Fsp3) is 0.545. The Kier molecular flexibility index (Phi) is 7.30. The standard InChI is InChI=1S/C11H18N2O2S4/c1-17-8-4-2-3-7-13-19(14,15)10-6-5-9(18-10)11(12)16/h5-6,13H,2-4,7-8H2,1H3,(H2,12,16). The number of thioether (sulfide) groups is 1. The molecule has 0 aliphatic rings. The van der Waals surface area contributed by atoms with Crippen molar-refractivity contribution in [2.24, 2.45) is 5.73 Å².